The molecule has 0 amide bonds. The normalized spacial score (nSPS) is 10.5. The van der Waals surface area contributed by atoms with E-state index in [4.69, 9.17) is 16.3 Å². The highest BCUT2D eigenvalue weighted by molar-refractivity contribution is 9.08. The van der Waals surface area contributed by atoms with E-state index >= 15 is 0 Å². The first-order valence-corrected chi connectivity index (χ1v) is 6.73. The Morgan fingerprint density at radius 3 is 2.81 bits per heavy atom. The maximum absolute atomic E-state index is 6.01. The number of hydrogen-bond donors (Lipinski definition) is 0. The second-order valence-electron chi connectivity index (χ2n) is 3.67. The predicted molar refractivity (Wildman–Crippen MR) is 73.8 cm³/mol. The lowest BCUT2D eigenvalue weighted by Gasteiger charge is -2.22. The molecular formula is C12H17BrClNO. The molecule has 2 nitrogen and oxygen atoms in total. The molecule has 0 bridgehead atoms. The number of methoxy groups -OCH3 is 1. The molecule has 4 heteroatoms. The van der Waals surface area contributed by atoms with Crippen molar-refractivity contribution >= 4 is 33.2 Å². The Balaban J connectivity index is 2.72. The van der Waals surface area contributed by atoms with Crippen molar-refractivity contribution in [2.45, 2.75) is 11.8 Å². The first-order chi connectivity index (χ1) is 7.69. The Morgan fingerprint density at radius 2 is 2.19 bits per heavy atom. The van der Waals surface area contributed by atoms with Crippen LogP contribution in [0.15, 0.2) is 18.2 Å². The SMILES string of the molecule is COCCCN(C)c1cc(Cl)ccc1CBr. The average Bonchev–Trinajstić information content (AvgIpc) is 2.29. The molecule has 0 radical (unpaired) electrons. The number of nitrogens with zero attached hydrogens (tertiary/aromatic N) is 1. The van der Waals surface area contributed by atoms with Gasteiger partial charge in [0.2, 0.25) is 0 Å². The molecule has 0 heterocycles. The fourth-order valence-electron chi connectivity index (χ4n) is 1.57. The van der Waals surface area contributed by atoms with Gasteiger partial charge < -0.3 is 9.64 Å². The molecule has 0 aliphatic heterocycles. The van der Waals surface area contributed by atoms with Gasteiger partial charge in [-0.3, -0.25) is 0 Å². The van der Waals surface area contributed by atoms with E-state index < -0.39 is 0 Å². The van der Waals surface area contributed by atoms with Crippen molar-refractivity contribution in [1.29, 1.82) is 0 Å². The Bertz CT molecular complexity index is 333. The number of rotatable bonds is 6. The van der Waals surface area contributed by atoms with Gasteiger partial charge in [0, 0.05) is 43.3 Å². The number of benzene rings is 1. The average molecular weight is 307 g/mol. The van der Waals surface area contributed by atoms with Crippen LogP contribution < -0.4 is 4.90 Å². The van der Waals surface area contributed by atoms with Crippen molar-refractivity contribution < 1.29 is 4.74 Å². The summed E-state index contributed by atoms with van der Waals surface area (Å²) in [6.07, 6.45) is 1.02. The first-order valence-electron chi connectivity index (χ1n) is 5.23. The van der Waals surface area contributed by atoms with E-state index in [0.717, 1.165) is 29.9 Å². The molecular weight excluding hydrogens is 289 g/mol. The van der Waals surface area contributed by atoms with Gasteiger partial charge in [-0.05, 0) is 24.1 Å². The van der Waals surface area contributed by atoms with Gasteiger partial charge in [0.15, 0.2) is 0 Å². The van der Waals surface area contributed by atoms with Gasteiger partial charge in [0.05, 0.1) is 0 Å². The zero-order chi connectivity index (χ0) is 12.0. The van der Waals surface area contributed by atoms with Crippen LogP contribution in [0.25, 0.3) is 0 Å². The lowest BCUT2D eigenvalue weighted by Crippen LogP contribution is -2.20. The summed E-state index contributed by atoms with van der Waals surface area (Å²) in [4.78, 5) is 2.21. The maximum atomic E-state index is 6.01. The summed E-state index contributed by atoms with van der Waals surface area (Å²) in [5.41, 5.74) is 2.43. The topological polar surface area (TPSA) is 12.5 Å². The van der Waals surface area contributed by atoms with E-state index in [-0.39, 0.29) is 0 Å². The van der Waals surface area contributed by atoms with E-state index in [1.165, 1.54) is 11.3 Å². The van der Waals surface area contributed by atoms with Crippen LogP contribution in [-0.2, 0) is 10.1 Å². The van der Waals surface area contributed by atoms with E-state index in [0.29, 0.717) is 0 Å². The highest BCUT2D eigenvalue weighted by atomic mass is 79.9. The van der Waals surface area contributed by atoms with Gasteiger partial charge in [0.25, 0.3) is 0 Å². The molecule has 0 unspecified atom stereocenters. The first kappa shape index (κ1) is 13.8. The minimum Gasteiger partial charge on any atom is -0.385 e. The van der Waals surface area contributed by atoms with Gasteiger partial charge in [-0.2, -0.15) is 0 Å². The molecule has 1 rings (SSSR count). The summed E-state index contributed by atoms with van der Waals surface area (Å²) in [5, 5.41) is 1.62. The third kappa shape index (κ3) is 3.96. The molecule has 0 aromatic heterocycles. The summed E-state index contributed by atoms with van der Waals surface area (Å²) >= 11 is 9.50. The zero-order valence-corrected chi connectivity index (χ0v) is 12.0. The quantitative estimate of drug-likeness (QED) is 0.587. The Morgan fingerprint density at radius 1 is 1.44 bits per heavy atom. The highest BCUT2D eigenvalue weighted by Gasteiger charge is 2.07. The van der Waals surface area contributed by atoms with Gasteiger partial charge >= 0.3 is 0 Å². The molecule has 0 saturated carbocycles. The predicted octanol–water partition coefficient (Wildman–Crippen LogP) is 3.71. The van der Waals surface area contributed by atoms with Crippen molar-refractivity contribution in [3.63, 3.8) is 0 Å². The number of anilines is 1. The second-order valence-corrected chi connectivity index (χ2v) is 4.67. The zero-order valence-electron chi connectivity index (χ0n) is 9.67. The van der Waals surface area contributed by atoms with Crippen molar-refractivity contribution in [3.8, 4) is 0 Å². The smallest absolute Gasteiger partial charge is 0.0479 e. The Labute approximate surface area is 111 Å². The minimum atomic E-state index is 0.776. The van der Waals surface area contributed by atoms with E-state index in [1.54, 1.807) is 7.11 Å². The molecule has 0 aliphatic rings. The van der Waals surface area contributed by atoms with Crippen LogP contribution in [-0.4, -0.2) is 27.3 Å². The molecule has 90 valence electrons. The van der Waals surface area contributed by atoms with Crippen LogP contribution in [0.4, 0.5) is 5.69 Å². The van der Waals surface area contributed by atoms with Crippen molar-refractivity contribution in [1.82, 2.24) is 0 Å². The fraction of sp³-hybridized carbons (Fsp3) is 0.500. The standard InChI is InChI=1S/C12H17BrClNO/c1-15(6-3-7-16-2)12-8-11(14)5-4-10(12)9-13/h4-5,8H,3,6-7,9H2,1-2H3. The molecule has 1 aromatic rings. The van der Waals surface area contributed by atoms with Crippen molar-refractivity contribution in [2.24, 2.45) is 0 Å². The van der Waals surface area contributed by atoms with Crippen LogP contribution in [0.3, 0.4) is 0 Å². The lowest BCUT2D eigenvalue weighted by molar-refractivity contribution is 0.196. The molecule has 0 saturated heterocycles. The summed E-state index contributed by atoms with van der Waals surface area (Å²) in [6.45, 7) is 1.75. The lowest BCUT2D eigenvalue weighted by atomic mass is 10.2. The molecule has 0 atom stereocenters. The molecule has 0 aliphatic carbocycles. The monoisotopic (exact) mass is 305 g/mol. The largest absolute Gasteiger partial charge is 0.385 e. The van der Waals surface area contributed by atoms with Crippen LogP contribution in [0, 0.1) is 0 Å². The van der Waals surface area contributed by atoms with Gasteiger partial charge in [-0.25, -0.2) is 0 Å². The number of hydrogen-bond acceptors (Lipinski definition) is 2. The molecule has 1 aromatic carbocycles. The summed E-state index contributed by atoms with van der Waals surface area (Å²) in [5.74, 6) is 0. The molecule has 16 heavy (non-hydrogen) atoms. The van der Waals surface area contributed by atoms with Crippen molar-refractivity contribution in [2.75, 3.05) is 32.2 Å². The van der Waals surface area contributed by atoms with Crippen molar-refractivity contribution in [3.05, 3.63) is 28.8 Å². The maximum Gasteiger partial charge on any atom is 0.0479 e. The van der Waals surface area contributed by atoms with Crippen LogP contribution in [0.2, 0.25) is 5.02 Å². The Kier molecular flexibility index (Phi) is 6.17. The second kappa shape index (κ2) is 7.15. The minimum absolute atomic E-state index is 0.776. The van der Waals surface area contributed by atoms with E-state index in [2.05, 4.69) is 33.9 Å². The molecule has 0 spiro atoms. The number of halogens is 2. The van der Waals surface area contributed by atoms with E-state index in [1.807, 2.05) is 12.1 Å². The van der Waals surface area contributed by atoms with Gasteiger partial charge in [-0.1, -0.05) is 33.6 Å². The van der Waals surface area contributed by atoms with Crippen LogP contribution >= 0.6 is 27.5 Å². The number of alkyl halides is 1. The molecule has 0 fully saturated rings. The third-order valence-electron chi connectivity index (χ3n) is 2.44. The summed E-state index contributed by atoms with van der Waals surface area (Å²) in [7, 11) is 3.80. The highest BCUT2D eigenvalue weighted by Crippen LogP contribution is 2.26. The van der Waals surface area contributed by atoms with Gasteiger partial charge in [0.1, 0.15) is 0 Å². The van der Waals surface area contributed by atoms with Gasteiger partial charge in [-0.15, -0.1) is 0 Å². The van der Waals surface area contributed by atoms with Crippen LogP contribution in [0.5, 0.6) is 0 Å². The molecule has 0 N–H and O–H groups in total. The summed E-state index contributed by atoms with van der Waals surface area (Å²) < 4.78 is 5.05. The fourth-order valence-corrected chi connectivity index (χ4v) is 2.21. The van der Waals surface area contributed by atoms with E-state index in [9.17, 15) is 0 Å². The van der Waals surface area contributed by atoms with Crippen LogP contribution in [0.1, 0.15) is 12.0 Å². The third-order valence-corrected chi connectivity index (χ3v) is 3.28. The Hall–Kier alpha value is -0.250. The number of ether oxygens (including phenoxy) is 1. The summed E-state index contributed by atoms with van der Waals surface area (Å²) in [6, 6.07) is 5.98.